The summed E-state index contributed by atoms with van der Waals surface area (Å²) >= 11 is 7.62. The number of rotatable bonds is 14. The van der Waals surface area contributed by atoms with E-state index in [1.807, 2.05) is 0 Å². The molecule has 0 saturated carbocycles. The van der Waals surface area contributed by atoms with Crippen LogP contribution in [0.25, 0.3) is 11.2 Å². The number of nitrogens with two attached hydrogens (primary N) is 1. The Hall–Kier alpha value is -1.92. The minimum absolute atomic E-state index is 0.0154. The molecule has 1 fully saturated rings. The molecule has 0 amide bonds. The fourth-order valence-corrected chi connectivity index (χ4v) is 6.67. The quantitative estimate of drug-likeness (QED) is 0.0709. The molecule has 6 atom stereocenters. The minimum Gasteiger partial charge on any atom is -0.462 e. The van der Waals surface area contributed by atoms with Gasteiger partial charge in [0.25, 0.3) is 5.56 Å². The zero-order chi connectivity index (χ0) is 32.3. The summed E-state index contributed by atoms with van der Waals surface area (Å²) in [5.41, 5.74) is 4.22. The molecule has 2 aromatic heterocycles. The Morgan fingerprint density at radius 1 is 1.37 bits per heavy atom. The lowest BCUT2D eigenvalue weighted by Crippen LogP contribution is -2.41. The van der Waals surface area contributed by atoms with Gasteiger partial charge in [-0.3, -0.25) is 23.9 Å². The number of esters is 1. The number of H-pyrrole nitrogens is 1. The van der Waals surface area contributed by atoms with Gasteiger partial charge < -0.3 is 25.4 Å². The molecule has 2 aromatic rings. The Morgan fingerprint density at radius 3 is 2.67 bits per heavy atom. The average Bonchev–Trinajstić information content (AvgIpc) is 3.42. The number of nitrogens with zero attached hydrogens (tertiary/aromatic N) is 3. The summed E-state index contributed by atoms with van der Waals surface area (Å²) in [6.07, 6.45) is -2.71. The molecular formula is C24H39ClN6O10PS+. The molecule has 0 aliphatic carbocycles. The first-order valence-electron chi connectivity index (χ1n) is 13.3. The number of imidazole rings is 1. The maximum absolute atomic E-state index is 12.4. The van der Waals surface area contributed by atoms with Crippen LogP contribution in [-0.4, -0.2) is 101 Å². The van der Waals surface area contributed by atoms with Crippen LogP contribution in [0, 0.1) is 5.41 Å². The number of aromatic nitrogens is 4. The maximum Gasteiger partial charge on any atom is 0.499 e. The summed E-state index contributed by atoms with van der Waals surface area (Å²) in [5.74, 6) is -0.723. The van der Waals surface area contributed by atoms with E-state index >= 15 is 0 Å². The van der Waals surface area contributed by atoms with E-state index < -0.39 is 67.1 Å². The number of aliphatic hydroxyl groups excluding tert-OH is 2. The molecule has 0 radical (unpaired) electrons. The molecule has 1 unspecified atom stereocenters. The van der Waals surface area contributed by atoms with Gasteiger partial charge in [-0.25, -0.2) is 4.98 Å². The van der Waals surface area contributed by atoms with Crippen molar-refractivity contribution in [3.63, 3.8) is 0 Å². The Morgan fingerprint density at radius 2 is 2.05 bits per heavy atom. The first-order valence-corrected chi connectivity index (χ1v) is 16.3. The number of alkyl halides is 1. The highest BCUT2D eigenvalue weighted by atomic mass is 35.5. The molecule has 3 heterocycles. The number of thioether (sulfide) groups is 1. The van der Waals surface area contributed by atoms with Crippen LogP contribution in [0.4, 0.5) is 5.95 Å². The lowest BCUT2D eigenvalue weighted by molar-refractivity contribution is -0.149. The van der Waals surface area contributed by atoms with Crippen molar-refractivity contribution in [3.8, 4) is 0 Å². The van der Waals surface area contributed by atoms with Crippen molar-refractivity contribution >= 4 is 59.7 Å². The van der Waals surface area contributed by atoms with E-state index in [1.165, 1.54) is 24.7 Å². The van der Waals surface area contributed by atoms with Crippen LogP contribution in [0.15, 0.2) is 11.1 Å². The molecule has 7 N–H and O–H groups in total. The third kappa shape index (κ3) is 8.42. The molecule has 0 aromatic carbocycles. The Kier molecular flexibility index (Phi) is 11.6. The van der Waals surface area contributed by atoms with Crippen molar-refractivity contribution in [1.29, 1.82) is 0 Å². The SMILES string of the molecule is CC(C)OC(=O)[C@@H](C)N[P+](O)(OCCSC(=O)C(C)(C)CO)OC[C@H]1O[C@@H](n2cnc3c(=O)[nH]c(N)nc32)[C@](C)(Cl)[C@@H]1O. The van der Waals surface area contributed by atoms with Crippen LogP contribution < -0.4 is 16.4 Å². The molecule has 0 bridgehead atoms. The van der Waals surface area contributed by atoms with Gasteiger partial charge in [0.15, 0.2) is 22.5 Å². The highest BCUT2D eigenvalue weighted by Gasteiger charge is 2.56. The summed E-state index contributed by atoms with van der Waals surface area (Å²) in [7, 11) is -4.04. The van der Waals surface area contributed by atoms with Crippen LogP contribution in [0.2, 0.25) is 0 Å². The highest BCUT2D eigenvalue weighted by Crippen LogP contribution is 2.54. The number of halogens is 1. The molecule has 1 aliphatic heterocycles. The number of hydrogen-bond acceptors (Lipinski definition) is 15. The predicted octanol–water partition coefficient (Wildman–Crippen LogP) is 0.869. The van der Waals surface area contributed by atoms with Gasteiger partial charge in [-0.15, -0.1) is 16.7 Å². The van der Waals surface area contributed by atoms with Gasteiger partial charge in [0, 0.05) is 5.75 Å². The van der Waals surface area contributed by atoms with Gasteiger partial charge in [0.2, 0.25) is 5.95 Å². The lowest BCUT2D eigenvalue weighted by atomic mass is 9.97. The summed E-state index contributed by atoms with van der Waals surface area (Å²) in [5, 5.41) is 22.8. The van der Waals surface area contributed by atoms with Gasteiger partial charge in [-0.1, -0.05) is 11.8 Å². The van der Waals surface area contributed by atoms with E-state index in [2.05, 4.69) is 20.0 Å². The Balaban J connectivity index is 1.76. The van der Waals surface area contributed by atoms with Crippen LogP contribution in [-0.2, 0) is 28.1 Å². The van der Waals surface area contributed by atoms with Crippen molar-refractivity contribution in [2.45, 2.75) is 77.0 Å². The Labute approximate surface area is 257 Å². The second-order valence-electron chi connectivity index (χ2n) is 11.1. The number of aromatic amines is 1. The monoisotopic (exact) mass is 669 g/mol. The second kappa shape index (κ2) is 14.0. The van der Waals surface area contributed by atoms with Gasteiger partial charge in [-0.05, 0) is 41.5 Å². The average molecular weight is 670 g/mol. The van der Waals surface area contributed by atoms with E-state index in [1.54, 1.807) is 27.7 Å². The molecular weight excluding hydrogens is 631 g/mol. The Bertz CT molecular complexity index is 1360. The second-order valence-corrected chi connectivity index (χ2v) is 14.8. The van der Waals surface area contributed by atoms with Crippen LogP contribution >= 0.6 is 31.5 Å². The number of carbonyl (C=O) groups is 2. The smallest absolute Gasteiger partial charge is 0.462 e. The predicted molar refractivity (Wildman–Crippen MR) is 160 cm³/mol. The fraction of sp³-hybridized carbons (Fsp3) is 0.708. The number of anilines is 1. The van der Waals surface area contributed by atoms with Crippen molar-refractivity contribution in [3.05, 3.63) is 16.7 Å². The zero-order valence-corrected chi connectivity index (χ0v) is 27.1. The summed E-state index contributed by atoms with van der Waals surface area (Å²) in [6, 6.07) is -1.06. The summed E-state index contributed by atoms with van der Waals surface area (Å²) in [4.78, 5) is 57.3. The van der Waals surface area contributed by atoms with Crippen molar-refractivity contribution in [2.24, 2.45) is 5.41 Å². The molecule has 16 nitrogen and oxygen atoms in total. The van der Waals surface area contributed by atoms with Gasteiger partial charge in [0.05, 0.1) is 24.5 Å². The number of nitrogens with one attached hydrogen (secondary N) is 2. The van der Waals surface area contributed by atoms with Crippen LogP contribution in [0.1, 0.15) is 47.8 Å². The first-order chi connectivity index (χ1) is 19.9. The minimum atomic E-state index is -4.04. The molecule has 1 aliphatic rings. The van der Waals surface area contributed by atoms with E-state index in [0.717, 1.165) is 11.8 Å². The standard InChI is InChI=1S/C24H38ClN6O10PS/c1-12(2)40-19(35)13(3)30-42(37,38-7-8-43-21(36)23(4,5)10-32)39-9-14-16(33)24(6,25)20(41-14)31-11-27-15-17(31)28-22(26)29-18(15)34/h11-14,16,20,30,32-33,37H,7-10H2,1-6H3,(H2-,26,28,29,34)/p+1/t13-,14-,16-,20-,24-,42?/m1/s1. The number of hydrogen-bond donors (Lipinski definition) is 6. The van der Waals surface area contributed by atoms with Crippen LogP contribution in [0.3, 0.4) is 0 Å². The zero-order valence-electron chi connectivity index (χ0n) is 24.6. The molecule has 19 heteroatoms. The lowest BCUT2D eigenvalue weighted by Gasteiger charge is -2.26. The normalized spacial score (nSPS) is 24.8. The number of ether oxygens (including phenoxy) is 2. The number of nitrogen functional groups attached to an aromatic ring is 1. The molecule has 242 valence electrons. The summed E-state index contributed by atoms with van der Waals surface area (Å²) < 4.78 is 23.9. The third-order valence-electron chi connectivity index (χ3n) is 6.43. The number of aliphatic hydroxyl groups is 2. The molecule has 43 heavy (non-hydrogen) atoms. The van der Waals surface area contributed by atoms with Gasteiger partial charge in [0.1, 0.15) is 36.3 Å². The molecule has 3 rings (SSSR count). The first kappa shape index (κ1) is 35.6. The van der Waals surface area contributed by atoms with Crippen molar-refractivity contribution in [2.75, 3.05) is 31.3 Å². The van der Waals surface area contributed by atoms with Crippen molar-refractivity contribution < 1.29 is 43.2 Å². The van der Waals surface area contributed by atoms with Gasteiger partial charge >= 0.3 is 14.1 Å². The van der Waals surface area contributed by atoms with Crippen LogP contribution in [0.5, 0.6) is 0 Å². The van der Waals surface area contributed by atoms with E-state index in [4.69, 9.17) is 35.9 Å². The van der Waals surface area contributed by atoms with Gasteiger partial charge in [-0.2, -0.15) is 18.9 Å². The number of fused-ring (bicyclic) bond motifs is 1. The topological polar surface area (TPSA) is 233 Å². The molecule has 0 spiro atoms. The van der Waals surface area contributed by atoms with E-state index in [-0.39, 0.29) is 41.2 Å². The van der Waals surface area contributed by atoms with E-state index in [9.17, 15) is 29.5 Å². The van der Waals surface area contributed by atoms with E-state index in [0.29, 0.717) is 0 Å². The third-order valence-corrected chi connectivity index (χ3v) is 9.77. The summed E-state index contributed by atoms with van der Waals surface area (Å²) in [6.45, 7) is 8.53. The van der Waals surface area contributed by atoms with Crippen molar-refractivity contribution in [1.82, 2.24) is 24.6 Å². The maximum atomic E-state index is 12.4. The molecule has 1 saturated heterocycles. The fourth-order valence-electron chi connectivity index (χ4n) is 3.94. The largest absolute Gasteiger partial charge is 0.499 e. The number of carbonyl (C=O) groups excluding carboxylic acids is 2. The highest BCUT2D eigenvalue weighted by molar-refractivity contribution is 8.13.